The maximum Gasteiger partial charge on any atom is 0.265 e. The molecule has 5 heteroatoms. The molecule has 2 aromatic rings. The molecule has 0 aliphatic carbocycles. The Kier molecular flexibility index (Phi) is 5.53. The van der Waals surface area contributed by atoms with Crippen molar-refractivity contribution in [1.82, 2.24) is 0 Å². The van der Waals surface area contributed by atoms with Gasteiger partial charge in [-0.05, 0) is 62.6 Å². The average Bonchev–Trinajstić information content (AvgIpc) is 2.65. The molecule has 1 aliphatic rings. The monoisotopic (exact) mass is 342 g/mol. The lowest BCUT2D eigenvalue weighted by atomic mass is 10.1. The van der Waals surface area contributed by atoms with Crippen LogP contribution in [0.2, 0.25) is 0 Å². The molecule has 1 fully saturated rings. The molecule has 1 aliphatic heterocycles. The Balaban J connectivity index is 1.57. The first-order valence-electron chi connectivity index (χ1n) is 8.70. The summed E-state index contributed by atoms with van der Waals surface area (Å²) in [6.07, 6.45) is 2.95. The fraction of sp³-hybridized carbons (Fsp3) is 0.350. The van der Waals surface area contributed by atoms with Crippen molar-refractivity contribution in [2.45, 2.75) is 32.3 Å². The van der Waals surface area contributed by atoms with Gasteiger partial charge in [0.15, 0.2) is 17.7 Å². The second-order valence-corrected chi connectivity index (χ2v) is 6.27. The fourth-order valence-electron chi connectivity index (χ4n) is 2.94. The van der Waals surface area contributed by atoms with Gasteiger partial charge in [-0.3, -0.25) is 4.79 Å². The average molecular weight is 342 g/mol. The van der Waals surface area contributed by atoms with Gasteiger partial charge in [0.05, 0.1) is 0 Å². The zero-order chi connectivity index (χ0) is 17.6. The van der Waals surface area contributed by atoms with Crippen LogP contribution in [0, 0.1) is 5.82 Å². The molecule has 1 heterocycles. The largest absolute Gasteiger partial charge is 0.478 e. The number of piperidine rings is 1. The van der Waals surface area contributed by atoms with Crippen LogP contribution in [-0.2, 0) is 4.79 Å². The summed E-state index contributed by atoms with van der Waals surface area (Å²) in [7, 11) is 0. The summed E-state index contributed by atoms with van der Waals surface area (Å²) >= 11 is 0. The molecule has 4 nitrogen and oxygen atoms in total. The van der Waals surface area contributed by atoms with E-state index >= 15 is 0 Å². The molecular formula is C20H23FN2O2. The molecule has 3 rings (SSSR count). The highest BCUT2D eigenvalue weighted by molar-refractivity contribution is 5.94. The number of halogens is 1. The third-order valence-electron chi connectivity index (χ3n) is 4.37. The third-order valence-corrected chi connectivity index (χ3v) is 4.37. The van der Waals surface area contributed by atoms with Crippen LogP contribution < -0.4 is 15.0 Å². The topological polar surface area (TPSA) is 41.6 Å². The number of amides is 1. The van der Waals surface area contributed by atoms with Gasteiger partial charge in [-0.25, -0.2) is 4.39 Å². The van der Waals surface area contributed by atoms with Crippen molar-refractivity contribution in [3.8, 4) is 5.75 Å². The molecular weight excluding hydrogens is 319 g/mol. The van der Waals surface area contributed by atoms with Gasteiger partial charge in [-0.1, -0.05) is 12.1 Å². The van der Waals surface area contributed by atoms with E-state index in [1.165, 1.54) is 37.1 Å². The molecule has 0 aromatic heterocycles. The number of nitrogens with one attached hydrogen (secondary N) is 1. The minimum atomic E-state index is -0.793. The highest BCUT2D eigenvalue weighted by atomic mass is 19.1. The van der Waals surface area contributed by atoms with E-state index in [1.807, 2.05) is 24.3 Å². The second-order valence-electron chi connectivity index (χ2n) is 6.27. The minimum absolute atomic E-state index is 0.0746. The number of nitrogens with zero attached hydrogens (tertiary/aromatic N) is 1. The number of rotatable bonds is 5. The Morgan fingerprint density at radius 3 is 2.44 bits per heavy atom. The number of ether oxygens (including phenoxy) is 1. The van der Waals surface area contributed by atoms with Gasteiger partial charge in [0.25, 0.3) is 5.91 Å². The Labute approximate surface area is 147 Å². The van der Waals surface area contributed by atoms with Crippen LogP contribution in [-0.4, -0.2) is 25.1 Å². The van der Waals surface area contributed by atoms with Crippen molar-refractivity contribution in [1.29, 1.82) is 0 Å². The predicted molar refractivity (Wildman–Crippen MR) is 97.6 cm³/mol. The standard InChI is InChI=1S/C20H23FN2O2/c1-15(25-19-8-4-3-7-18(19)21)20(24)22-16-9-11-17(12-10-16)23-13-5-2-6-14-23/h3-4,7-12,15H,2,5-6,13-14H2,1H3,(H,22,24)/t15-/m1/s1. The van der Waals surface area contributed by atoms with Crippen LogP contribution >= 0.6 is 0 Å². The van der Waals surface area contributed by atoms with Crippen LogP contribution in [0.4, 0.5) is 15.8 Å². The molecule has 1 atom stereocenters. The van der Waals surface area contributed by atoms with Crippen LogP contribution in [0.3, 0.4) is 0 Å². The molecule has 0 spiro atoms. The van der Waals surface area contributed by atoms with E-state index in [1.54, 1.807) is 19.1 Å². The van der Waals surface area contributed by atoms with Crippen molar-refractivity contribution < 1.29 is 13.9 Å². The van der Waals surface area contributed by atoms with E-state index in [4.69, 9.17) is 4.74 Å². The number of benzene rings is 2. The SMILES string of the molecule is C[C@@H](Oc1ccccc1F)C(=O)Nc1ccc(N2CCCCC2)cc1. The van der Waals surface area contributed by atoms with Gasteiger partial charge < -0.3 is 15.0 Å². The van der Waals surface area contributed by atoms with Crippen molar-refractivity contribution >= 4 is 17.3 Å². The van der Waals surface area contributed by atoms with Crippen LogP contribution in [0.1, 0.15) is 26.2 Å². The first kappa shape index (κ1) is 17.3. The van der Waals surface area contributed by atoms with Crippen LogP contribution in [0.25, 0.3) is 0 Å². The summed E-state index contributed by atoms with van der Waals surface area (Å²) in [5, 5.41) is 2.81. The summed E-state index contributed by atoms with van der Waals surface area (Å²) in [6, 6.07) is 13.9. The number of para-hydroxylation sites is 1. The van der Waals surface area contributed by atoms with Crippen molar-refractivity contribution in [3.05, 3.63) is 54.3 Å². The smallest absolute Gasteiger partial charge is 0.265 e. The Hall–Kier alpha value is -2.56. The fourth-order valence-corrected chi connectivity index (χ4v) is 2.94. The highest BCUT2D eigenvalue weighted by Crippen LogP contribution is 2.22. The molecule has 132 valence electrons. The van der Waals surface area contributed by atoms with Crippen molar-refractivity contribution in [2.75, 3.05) is 23.3 Å². The van der Waals surface area contributed by atoms with Crippen LogP contribution in [0.5, 0.6) is 5.75 Å². The van der Waals surface area contributed by atoms with Crippen LogP contribution in [0.15, 0.2) is 48.5 Å². The molecule has 1 amide bonds. The molecule has 0 unspecified atom stereocenters. The Morgan fingerprint density at radius 1 is 1.08 bits per heavy atom. The zero-order valence-corrected chi connectivity index (χ0v) is 14.4. The number of anilines is 2. The van der Waals surface area contributed by atoms with E-state index in [9.17, 15) is 9.18 Å². The first-order valence-corrected chi connectivity index (χ1v) is 8.70. The van der Waals surface area contributed by atoms with E-state index in [0.717, 1.165) is 13.1 Å². The minimum Gasteiger partial charge on any atom is -0.478 e. The Morgan fingerprint density at radius 2 is 1.76 bits per heavy atom. The predicted octanol–water partition coefficient (Wildman–Crippen LogP) is 4.22. The van der Waals surface area contributed by atoms with E-state index in [-0.39, 0.29) is 11.7 Å². The molecule has 2 aromatic carbocycles. The number of carbonyl (C=O) groups is 1. The van der Waals surface area contributed by atoms with Gasteiger partial charge in [0, 0.05) is 24.5 Å². The third kappa shape index (κ3) is 4.50. The van der Waals surface area contributed by atoms with E-state index < -0.39 is 11.9 Å². The van der Waals surface area contributed by atoms with Crippen molar-refractivity contribution in [2.24, 2.45) is 0 Å². The van der Waals surface area contributed by atoms with E-state index in [2.05, 4.69) is 10.2 Å². The van der Waals surface area contributed by atoms with Gasteiger partial charge in [0.1, 0.15) is 0 Å². The Bertz CT molecular complexity index is 712. The summed E-state index contributed by atoms with van der Waals surface area (Å²) in [6.45, 7) is 3.77. The molecule has 0 radical (unpaired) electrons. The summed E-state index contributed by atoms with van der Waals surface area (Å²) in [5.74, 6) is -0.715. The van der Waals surface area contributed by atoms with Crippen molar-refractivity contribution in [3.63, 3.8) is 0 Å². The van der Waals surface area contributed by atoms with E-state index in [0.29, 0.717) is 5.69 Å². The quantitative estimate of drug-likeness (QED) is 0.884. The first-order chi connectivity index (χ1) is 12.1. The molecule has 0 saturated carbocycles. The van der Waals surface area contributed by atoms with Gasteiger partial charge in [-0.2, -0.15) is 0 Å². The highest BCUT2D eigenvalue weighted by Gasteiger charge is 2.17. The van der Waals surface area contributed by atoms with Gasteiger partial charge in [-0.15, -0.1) is 0 Å². The maximum atomic E-state index is 13.6. The lowest BCUT2D eigenvalue weighted by Gasteiger charge is -2.28. The number of carbonyl (C=O) groups excluding carboxylic acids is 1. The molecule has 0 bridgehead atoms. The number of hydrogen-bond donors (Lipinski definition) is 1. The molecule has 1 saturated heterocycles. The zero-order valence-electron chi connectivity index (χ0n) is 14.4. The lowest BCUT2D eigenvalue weighted by molar-refractivity contribution is -0.122. The second kappa shape index (κ2) is 8.01. The number of hydrogen-bond acceptors (Lipinski definition) is 3. The van der Waals surface area contributed by atoms with Gasteiger partial charge in [0.2, 0.25) is 0 Å². The molecule has 1 N–H and O–H groups in total. The summed E-state index contributed by atoms with van der Waals surface area (Å²) in [5.41, 5.74) is 1.88. The molecule has 25 heavy (non-hydrogen) atoms. The summed E-state index contributed by atoms with van der Waals surface area (Å²) < 4.78 is 19.0. The lowest BCUT2D eigenvalue weighted by Crippen LogP contribution is -2.30. The normalized spacial score (nSPS) is 15.5. The summed E-state index contributed by atoms with van der Waals surface area (Å²) in [4.78, 5) is 14.6. The maximum absolute atomic E-state index is 13.6. The van der Waals surface area contributed by atoms with Gasteiger partial charge >= 0.3 is 0 Å².